The van der Waals surface area contributed by atoms with Crippen molar-refractivity contribution in [1.29, 1.82) is 0 Å². The Bertz CT molecular complexity index is 960. The summed E-state index contributed by atoms with van der Waals surface area (Å²) in [6.45, 7) is 0. The van der Waals surface area contributed by atoms with Crippen LogP contribution in [0.1, 0.15) is 26.5 Å². The van der Waals surface area contributed by atoms with Crippen molar-refractivity contribution in [2.75, 3.05) is 0 Å². The van der Waals surface area contributed by atoms with Gasteiger partial charge in [-0.25, -0.2) is 10.2 Å². The van der Waals surface area contributed by atoms with Gasteiger partial charge in [-0.1, -0.05) is 12.1 Å². The molecular weight excluding hydrogens is 447 g/mol. The summed E-state index contributed by atoms with van der Waals surface area (Å²) in [5.74, 6) is -0.251. The highest BCUT2D eigenvalue weighted by Crippen LogP contribution is 2.22. The Morgan fingerprint density at radius 2 is 1.62 bits per heavy atom. The van der Waals surface area contributed by atoms with E-state index in [9.17, 15) is 9.59 Å². The fourth-order valence-electron chi connectivity index (χ4n) is 2.17. The molecule has 2 aromatic carbocycles. The first-order valence-electron chi connectivity index (χ1n) is 7.55. The van der Waals surface area contributed by atoms with Gasteiger partial charge >= 0.3 is 5.97 Å². The number of nitrogens with zero attached hydrogens (tertiary/aromatic N) is 1. The Balaban J connectivity index is 1.64. The molecule has 1 amide bonds. The Labute approximate surface area is 162 Å². The van der Waals surface area contributed by atoms with Crippen LogP contribution in [0.2, 0.25) is 0 Å². The van der Waals surface area contributed by atoms with Crippen LogP contribution in [0.3, 0.4) is 0 Å². The summed E-state index contributed by atoms with van der Waals surface area (Å²) < 4.78 is 6.67. The van der Waals surface area contributed by atoms with E-state index >= 15 is 0 Å². The van der Waals surface area contributed by atoms with Crippen LogP contribution in [0.4, 0.5) is 0 Å². The van der Waals surface area contributed by atoms with E-state index in [1.165, 1.54) is 18.3 Å². The average Bonchev–Trinajstić information content (AvgIpc) is 3.11. The summed E-state index contributed by atoms with van der Waals surface area (Å²) in [6.07, 6.45) is 1.40. The van der Waals surface area contributed by atoms with Crippen LogP contribution in [-0.2, 0) is 0 Å². The number of hydrogen-bond acceptors (Lipinski definition) is 4. The molecule has 0 fully saturated rings. The van der Waals surface area contributed by atoms with Gasteiger partial charge in [0.25, 0.3) is 5.91 Å². The third-order valence-corrected chi connectivity index (χ3v) is 4.23. The minimum absolute atomic E-state index is 0.209. The van der Waals surface area contributed by atoms with Crippen molar-refractivity contribution in [3.8, 4) is 11.3 Å². The maximum Gasteiger partial charge on any atom is 0.335 e. The molecule has 7 heteroatoms. The maximum atomic E-state index is 12.0. The highest BCUT2D eigenvalue weighted by molar-refractivity contribution is 14.1. The molecule has 3 rings (SSSR count). The highest BCUT2D eigenvalue weighted by Gasteiger charge is 2.07. The van der Waals surface area contributed by atoms with E-state index < -0.39 is 5.97 Å². The second-order valence-corrected chi connectivity index (χ2v) is 6.54. The van der Waals surface area contributed by atoms with Crippen LogP contribution in [-0.4, -0.2) is 23.2 Å². The third-order valence-electron chi connectivity index (χ3n) is 3.51. The molecule has 0 aliphatic heterocycles. The lowest BCUT2D eigenvalue weighted by molar-refractivity contribution is 0.0696. The number of rotatable bonds is 5. The monoisotopic (exact) mass is 460 g/mol. The van der Waals surface area contributed by atoms with Crippen LogP contribution >= 0.6 is 22.6 Å². The number of carbonyl (C=O) groups excluding carboxylic acids is 1. The van der Waals surface area contributed by atoms with E-state index in [0.29, 0.717) is 17.1 Å². The SMILES string of the molecule is O=C(O)c1ccc(-c2ccc(/C=N\NC(=O)c3ccc(I)cc3)o2)cc1. The standard InChI is InChI=1S/C19H13IN2O4/c20-15-7-5-13(6-8-15)18(23)22-21-11-16-9-10-17(26-16)12-1-3-14(4-2-12)19(24)25/h1-11H,(H,22,23)(H,24,25)/b21-11-. The largest absolute Gasteiger partial charge is 0.478 e. The van der Waals surface area contributed by atoms with Crippen LogP contribution in [0, 0.1) is 3.57 Å². The van der Waals surface area contributed by atoms with Crippen molar-refractivity contribution in [3.63, 3.8) is 0 Å². The van der Waals surface area contributed by atoms with Crippen molar-refractivity contribution in [2.24, 2.45) is 5.10 Å². The zero-order valence-electron chi connectivity index (χ0n) is 13.3. The maximum absolute atomic E-state index is 12.0. The highest BCUT2D eigenvalue weighted by atomic mass is 127. The summed E-state index contributed by atoms with van der Waals surface area (Å²) in [4.78, 5) is 22.8. The fraction of sp³-hybridized carbons (Fsp3) is 0. The van der Waals surface area contributed by atoms with Gasteiger partial charge < -0.3 is 9.52 Å². The van der Waals surface area contributed by atoms with Crippen molar-refractivity contribution in [1.82, 2.24) is 5.43 Å². The smallest absolute Gasteiger partial charge is 0.335 e. The van der Waals surface area contributed by atoms with Crippen molar-refractivity contribution >= 4 is 40.7 Å². The van der Waals surface area contributed by atoms with Crippen molar-refractivity contribution in [3.05, 3.63) is 81.1 Å². The number of hydrogen-bond donors (Lipinski definition) is 2. The zero-order chi connectivity index (χ0) is 18.5. The lowest BCUT2D eigenvalue weighted by Crippen LogP contribution is -2.17. The first-order valence-corrected chi connectivity index (χ1v) is 8.63. The number of benzene rings is 2. The van der Waals surface area contributed by atoms with Crippen LogP contribution in [0.25, 0.3) is 11.3 Å². The number of carbonyl (C=O) groups is 2. The quantitative estimate of drug-likeness (QED) is 0.342. The molecule has 0 atom stereocenters. The second-order valence-electron chi connectivity index (χ2n) is 5.29. The van der Waals surface area contributed by atoms with Gasteiger partial charge in [0.05, 0.1) is 11.8 Å². The first kappa shape index (κ1) is 17.9. The molecule has 0 bridgehead atoms. The van der Waals surface area contributed by atoms with Crippen LogP contribution in [0.15, 0.2) is 70.2 Å². The molecular formula is C19H13IN2O4. The number of nitrogens with one attached hydrogen (secondary N) is 1. The molecule has 1 aromatic heterocycles. The van der Waals surface area contributed by atoms with Crippen molar-refractivity contribution < 1.29 is 19.1 Å². The van der Waals surface area contributed by atoms with E-state index in [1.807, 2.05) is 12.1 Å². The minimum atomic E-state index is -0.979. The van der Waals surface area contributed by atoms with Gasteiger partial charge in [0.15, 0.2) is 0 Å². The van der Waals surface area contributed by atoms with Gasteiger partial charge in [-0.05, 0) is 71.1 Å². The molecule has 0 unspecified atom stereocenters. The number of furan rings is 1. The number of carboxylic acids is 1. The summed E-state index contributed by atoms with van der Waals surface area (Å²) in [6, 6.07) is 16.9. The summed E-state index contributed by atoms with van der Waals surface area (Å²) in [5, 5.41) is 12.8. The van der Waals surface area contributed by atoms with Gasteiger partial charge in [0.1, 0.15) is 11.5 Å². The topological polar surface area (TPSA) is 91.9 Å². The number of carboxylic acid groups (broad SMARTS) is 1. The Hall–Kier alpha value is -2.94. The molecule has 6 nitrogen and oxygen atoms in total. The number of amides is 1. The van der Waals surface area contributed by atoms with E-state index in [-0.39, 0.29) is 11.5 Å². The van der Waals surface area contributed by atoms with Crippen molar-refractivity contribution in [2.45, 2.75) is 0 Å². The second kappa shape index (κ2) is 7.96. The van der Waals surface area contributed by atoms with Gasteiger partial charge in [0, 0.05) is 14.7 Å². The molecule has 0 saturated heterocycles. The van der Waals surface area contributed by atoms with E-state index in [4.69, 9.17) is 9.52 Å². The minimum Gasteiger partial charge on any atom is -0.478 e. The van der Waals surface area contributed by atoms with Crippen LogP contribution < -0.4 is 5.43 Å². The molecule has 0 radical (unpaired) electrons. The lowest BCUT2D eigenvalue weighted by Gasteiger charge is -1.99. The summed E-state index contributed by atoms with van der Waals surface area (Å²) in [5.41, 5.74) is 3.91. The number of hydrazone groups is 1. The summed E-state index contributed by atoms with van der Waals surface area (Å²) in [7, 11) is 0. The fourth-order valence-corrected chi connectivity index (χ4v) is 2.53. The zero-order valence-corrected chi connectivity index (χ0v) is 15.5. The molecule has 0 saturated carbocycles. The molecule has 2 N–H and O–H groups in total. The summed E-state index contributed by atoms with van der Waals surface area (Å²) >= 11 is 2.17. The van der Waals surface area contributed by atoms with Gasteiger partial charge in [-0.3, -0.25) is 4.79 Å². The van der Waals surface area contributed by atoms with E-state index in [2.05, 4.69) is 33.1 Å². The predicted molar refractivity (Wildman–Crippen MR) is 105 cm³/mol. The number of aromatic carboxylic acids is 1. The number of halogens is 1. The third kappa shape index (κ3) is 4.37. The molecule has 0 spiro atoms. The molecule has 0 aliphatic rings. The van der Waals surface area contributed by atoms with Gasteiger partial charge in [0.2, 0.25) is 0 Å². The van der Waals surface area contributed by atoms with Gasteiger partial charge in [-0.15, -0.1) is 0 Å². The molecule has 0 aliphatic carbocycles. The predicted octanol–water partition coefficient (Wildman–Crippen LogP) is 4.01. The molecule has 1 heterocycles. The lowest BCUT2D eigenvalue weighted by atomic mass is 10.1. The molecule has 130 valence electrons. The van der Waals surface area contributed by atoms with E-state index in [0.717, 1.165) is 9.13 Å². The Morgan fingerprint density at radius 1 is 0.962 bits per heavy atom. The molecule has 26 heavy (non-hydrogen) atoms. The first-order chi connectivity index (χ1) is 12.5. The van der Waals surface area contributed by atoms with Crippen LogP contribution in [0.5, 0.6) is 0 Å². The average molecular weight is 460 g/mol. The van der Waals surface area contributed by atoms with Gasteiger partial charge in [-0.2, -0.15) is 5.10 Å². The normalized spacial score (nSPS) is 10.8. The Kier molecular flexibility index (Phi) is 5.47. The molecule has 3 aromatic rings. The van der Waals surface area contributed by atoms with E-state index in [1.54, 1.807) is 36.4 Å². The Morgan fingerprint density at radius 3 is 2.27 bits per heavy atom.